The van der Waals surface area contributed by atoms with Gasteiger partial charge in [-0.05, 0) is 37.1 Å². The molecule has 0 bridgehead atoms. The van der Waals surface area contributed by atoms with E-state index in [4.69, 9.17) is 23.5 Å². The standard InChI is InChI=1S/C26H28N2O7/c1-31-18-10-8-16(9-11-18)21-12-19(35-28-21)15-34-26(30)20-13-23(32-2)24(33-3)14-22(20)27-25(29)17-6-4-5-7-17/h8-14,17H,4-7,15H2,1-3H3,(H,27,29). The predicted molar refractivity (Wildman–Crippen MR) is 128 cm³/mol. The second-order valence-corrected chi connectivity index (χ2v) is 8.21. The van der Waals surface area contributed by atoms with E-state index in [9.17, 15) is 9.59 Å². The molecule has 1 heterocycles. The zero-order valence-corrected chi connectivity index (χ0v) is 20.0. The number of nitrogens with one attached hydrogen (secondary N) is 1. The molecule has 0 spiro atoms. The van der Waals surface area contributed by atoms with E-state index in [1.165, 1.54) is 20.3 Å². The lowest BCUT2D eigenvalue weighted by Gasteiger charge is -2.16. The lowest BCUT2D eigenvalue weighted by molar-refractivity contribution is -0.119. The highest BCUT2D eigenvalue weighted by Crippen LogP contribution is 2.35. The lowest BCUT2D eigenvalue weighted by atomic mass is 10.1. The highest BCUT2D eigenvalue weighted by Gasteiger charge is 2.26. The van der Waals surface area contributed by atoms with Crippen molar-refractivity contribution < 1.29 is 33.1 Å². The van der Waals surface area contributed by atoms with Gasteiger partial charge in [0, 0.05) is 29.7 Å². The van der Waals surface area contributed by atoms with E-state index >= 15 is 0 Å². The van der Waals surface area contributed by atoms with Crippen molar-refractivity contribution in [1.82, 2.24) is 5.16 Å². The van der Waals surface area contributed by atoms with Crippen molar-refractivity contribution >= 4 is 17.6 Å². The maximum absolute atomic E-state index is 13.0. The molecule has 3 aromatic rings. The third-order valence-electron chi connectivity index (χ3n) is 6.02. The monoisotopic (exact) mass is 480 g/mol. The van der Waals surface area contributed by atoms with Crippen LogP contribution in [-0.4, -0.2) is 38.4 Å². The maximum Gasteiger partial charge on any atom is 0.340 e. The van der Waals surface area contributed by atoms with Crippen molar-refractivity contribution in [3.8, 4) is 28.5 Å². The van der Waals surface area contributed by atoms with E-state index in [1.807, 2.05) is 24.3 Å². The average Bonchev–Trinajstić information content (AvgIpc) is 3.60. The number of carbonyl (C=O) groups is 2. The van der Waals surface area contributed by atoms with Gasteiger partial charge >= 0.3 is 5.97 Å². The van der Waals surface area contributed by atoms with Gasteiger partial charge in [0.1, 0.15) is 11.4 Å². The summed E-state index contributed by atoms with van der Waals surface area (Å²) >= 11 is 0. The Balaban J connectivity index is 1.49. The Morgan fingerprint density at radius 2 is 1.66 bits per heavy atom. The highest BCUT2D eigenvalue weighted by atomic mass is 16.6. The summed E-state index contributed by atoms with van der Waals surface area (Å²) in [6.07, 6.45) is 3.71. The summed E-state index contributed by atoms with van der Waals surface area (Å²) in [7, 11) is 4.56. The average molecular weight is 481 g/mol. The van der Waals surface area contributed by atoms with Crippen LogP contribution in [0.4, 0.5) is 5.69 Å². The Bertz CT molecular complexity index is 1180. The Morgan fingerprint density at radius 3 is 2.31 bits per heavy atom. The second-order valence-electron chi connectivity index (χ2n) is 8.21. The van der Waals surface area contributed by atoms with Crippen LogP contribution in [0.3, 0.4) is 0 Å². The molecule has 35 heavy (non-hydrogen) atoms. The number of methoxy groups -OCH3 is 3. The highest BCUT2D eigenvalue weighted by molar-refractivity contribution is 6.02. The van der Waals surface area contributed by atoms with E-state index in [-0.39, 0.29) is 24.0 Å². The fraction of sp³-hybridized carbons (Fsp3) is 0.346. The van der Waals surface area contributed by atoms with Gasteiger partial charge in [-0.25, -0.2) is 4.79 Å². The number of carbonyl (C=O) groups excluding carboxylic acids is 2. The number of nitrogens with zero attached hydrogens (tertiary/aromatic N) is 1. The van der Waals surface area contributed by atoms with Crippen molar-refractivity contribution in [2.45, 2.75) is 32.3 Å². The molecule has 1 aromatic heterocycles. The molecule has 0 atom stereocenters. The number of benzene rings is 2. The minimum absolute atomic E-state index is 0.0717. The first-order valence-corrected chi connectivity index (χ1v) is 11.4. The molecular weight excluding hydrogens is 452 g/mol. The fourth-order valence-electron chi connectivity index (χ4n) is 4.07. The van der Waals surface area contributed by atoms with Crippen LogP contribution in [0, 0.1) is 5.92 Å². The van der Waals surface area contributed by atoms with E-state index in [2.05, 4.69) is 10.5 Å². The van der Waals surface area contributed by atoms with Gasteiger partial charge in [-0.1, -0.05) is 18.0 Å². The van der Waals surface area contributed by atoms with Gasteiger partial charge in [0.05, 0.1) is 32.6 Å². The van der Waals surface area contributed by atoms with E-state index in [0.717, 1.165) is 37.0 Å². The van der Waals surface area contributed by atoms with Crippen LogP contribution in [-0.2, 0) is 16.1 Å². The molecule has 9 heteroatoms. The summed E-state index contributed by atoms with van der Waals surface area (Å²) in [6, 6.07) is 12.1. The van der Waals surface area contributed by atoms with Gasteiger partial charge in [-0.15, -0.1) is 0 Å². The Morgan fingerprint density at radius 1 is 0.971 bits per heavy atom. The van der Waals surface area contributed by atoms with Gasteiger partial charge in [0.2, 0.25) is 5.91 Å². The molecule has 1 aliphatic carbocycles. The van der Waals surface area contributed by atoms with Gasteiger partial charge < -0.3 is 28.8 Å². The molecule has 0 saturated heterocycles. The number of amides is 1. The predicted octanol–water partition coefficient (Wildman–Crippen LogP) is 4.85. The van der Waals surface area contributed by atoms with E-state index < -0.39 is 5.97 Å². The van der Waals surface area contributed by atoms with Crippen LogP contribution in [0.2, 0.25) is 0 Å². The van der Waals surface area contributed by atoms with Crippen LogP contribution in [0.5, 0.6) is 17.2 Å². The molecule has 1 amide bonds. The summed E-state index contributed by atoms with van der Waals surface area (Å²) < 4.78 is 26.7. The number of hydrogen-bond acceptors (Lipinski definition) is 8. The minimum atomic E-state index is -0.643. The molecule has 1 saturated carbocycles. The van der Waals surface area contributed by atoms with Crippen LogP contribution in [0.15, 0.2) is 47.0 Å². The second kappa shape index (κ2) is 10.9. The van der Waals surface area contributed by atoms with Gasteiger partial charge in [-0.2, -0.15) is 0 Å². The first kappa shape index (κ1) is 24.1. The smallest absolute Gasteiger partial charge is 0.340 e. The molecule has 9 nitrogen and oxygen atoms in total. The Kier molecular flexibility index (Phi) is 7.54. The first-order valence-electron chi connectivity index (χ1n) is 11.4. The Hall–Kier alpha value is -4.01. The molecule has 1 N–H and O–H groups in total. The third kappa shape index (κ3) is 5.56. The molecular formula is C26H28N2O7. The molecule has 184 valence electrons. The summed E-state index contributed by atoms with van der Waals surface area (Å²) in [5.74, 6) is 1.01. The molecule has 1 aliphatic rings. The quantitative estimate of drug-likeness (QED) is 0.433. The van der Waals surface area contributed by atoms with Crippen molar-refractivity contribution in [2.24, 2.45) is 5.92 Å². The minimum Gasteiger partial charge on any atom is -0.497 e. The molecule has 1 fully saturated rings. The molecule has 4 rings (SSSR count). The first-order chi connectivity index (χ1) is 17.0. The summed E-state index contributed by atoms with van der Waals surface area (Å²) in [6.45, 7) is -0.133. The van der Waals surface area contributed by atoms with Gasteiger partial charge in [0.25, 0.3) is 0 Å². The third-order valence-corrected chi connectivity index (χ3v) is 6.02. The molecule has 0 unspecified atom stereocenters. The van der Waals surface area contributed by atoms with Crippen molar-refractivity contribution in [2.75, 3.05) is 26.6 Å². The van der Waals surface area contributed by atoms with E-state index in [1.54, 1.807) is 19.2 Å². The molecule has 2 aromatic carbocycles. The number of anilines is 1. The van der Waals surface area contributed by atoms with Gasteiger partial charge in [-0.3, -0.25) is 4.79 Å². The number of rotatable bonds is 9. The molecule has 0 radical (unpaired) electrons. The van der Waals surface area contributed by atoms with Gasteiger partial charge in [0.15, 0.2) is 23.9 Å². The van der Waals surface area contributed by atoms with Crippen LogP contribution < -0.4 is 19.5 Å². The zero-order valence-electron chi connectivity index (χ0n) is 20.0. The summed E-state index contributed by atoms with van der Waals surface area (Å²) in [4.78, 5) is 25.7. The normalized spacial score (nSPS) is 13.3. The number of hydrogen-bond donors (Lipinski definition) is 1. The maximum atomic E-state index is 13.0. The van der Waals surface area contributed by atoms with Crippen LogP contribution in [0.1, 0.15) is 41.8 Å². The largest absolute Gasteiger partial charge is 0.497 e. The van der Waals surface area contributed by atoms with Crippen LogP contribution >= 0.6 is 0 Å². The zero-order chi connectivity index (χ0) is 24.8. The SMILES string of the molecule is COc1ccc(-c2cc(COC(=O)c3cc(OC)c(OC)cc3NC(=O)C3CCCC3)on2)cc1. The Labute approximate surface area is 203 Å². The van der Waals surface area contributed by atoms with E-state index in [0.29, 0.717) is 28.6 Å². The molecule has 0 aliphatic heterocycles. The van der Waals surface area contributed by atoms with Crippen molar-refractivity contribution in [1.29, 1.82) is 0 Å². The number of aromatic nitrogens is 1. The number of esters is 1. The van der Waals surface area contributed by atoms with Crippen LogP contribution in [0.25, 0.3) is 11.3 Å². The lowest BCUT2D eigenvalue weighted by Crippen LogP contribution is -2.22. The van der Waals surface area contributed by atoms with Crippen molar-refractivity contribution in [3.63, 3.8) is 0 Å². The number of ether oxygens (including phenoxy) is 4. The fourth-order valence-corrected chi connectivity index (χ4v) is 4.07. The summed E-state index contributed by atoms with van der Waals surface area (Å²) in [5.41, 5.74) is 1.91. The van der Waals surface area contributed by atoms with Crippen molar-refractivity contribution in [3.05, 3.63) is 53.8 Å². The summed E-state index contributed by atoms with van der Waals surface area (Å²) in [5, 5.41) is 6.91. The topological polar surface area (TPSA) is 109 Å².